The van der Waals surface area contributed by atoms with E-state index in [1.807, 2.05) is 24.3 Å². The van der Waals surface area contributed by atoms with E-state index in [0.29, 0.717) is 18.4 Å². The summed E-state index contributed by atoms with van der Waals surface area (Å²) >= 11 is 5.94. The van der Waals surface area contributed by atoms with Crippen LogP contribution in [0.2, 0.25) is 5.02 Å². The van der Waals surface area contributed by atoms with Crippen LogP contribution >= 0.6 is 11.6 Å². The lowest BCUT2D eigenvalue weighted by molar-refractivity contribution is -0.132. The Morgan fingerprint density at radius 3 is 2.75 bits per heavy atom. The van der Waals surface area contributed by atoms with Crippen LogP contribution in [0.1, 0.15) is 43.7 Å². The number of carbonyl (C=O) groups is 1. The van der Waals surface area contributed by atoms with Gasteiger partial charge in [0.2, 0.25) is 5.91 Å². The number of nitrogens with one attached hydrogen (secondary N) is 1. The molecule has 0 radical (unpaired) electrons. The Balaban J connectivity index is 1.68. The minimum Gasteiger partial charge on any atom is -0.336 e. The monoisotopic (exact) mass is 292 g/mol. The molecular formula is C16H21ClN2O. The maximum absolute atomic E-state index is 12.5. The third-order valence-corrected chi connectivity index (χ3v) is 4.66. The van der Waals surface area contributed by atoms with Crippen LogP contribution in [0.4, 0.5) is 0 Å². The Labute approximate surface area is 125 Å². The summed E-state index contributed by atoms with van der Waals surface area (Å²) in [5, 5.41) is 4.16. The van der Waals surface area contributed by atoms with Crippen molar-refractivity contribution in [3.63, 3.8) is 0 Å². The largest absolute Gasteiger partial charge is 0.336 e. The van der Waals surface area contributed by atoms with Crippen molar-refractivity contribution in [3.05, 3.63) is 34.9 Å². The average Bonchev–Trinajstić information content (AvgIpc) is 3.10. The van der Waals surface area contributed by atoms with E-state index in [-0.39, 0.29) is 6.04 Å². The number of hydrogen-bond acceptors (Lipinski definition) is 2. The molecular weight excluding hydrogens is 272 g/mol. The molecule has 108 valence electrons. The minimum absolute atomic E-state index is 0.237. The fourth-order valence-electron chi connectivity index (χ4n) is 3.36. The zero-order valence-electron chi connectivity index (χ0n) is 11.6. The Morgan fingerprint density at radius 1 is 1.25 bits per heavy atom. The molecule has 2 aliphatic rings. The Kier molecular flexibility index (Phi) is 4.27. The van der Waals surface area contributed by atoms with E-state index in [2.05, 4.69) is 10.2 Å². The molecule has 2 heterocycles. The number of amides is 1. The first-order chi connectivity index (χ1) is 9.74. The van der Waals surface area contributed by atoms with Gasteiger partial charge in [-0.1, -0.05) is 23.7 Å². The molecule has 2 unspecified atom stereocenters. The predicted octanol–water partition coefficient (Wildman–Crippen LogP) is 3.15. The molecule has 0 aromatic heterocycles. The van der Waals surface area contributed by atoms with E-state index in [1.54, 1.807) is 0 Å². The highest BCUT2D eigenvalue weighted by atomic mass is 35.5. The van der Waals surface area contributed by atoms with Gasteiger partial charge in [-0.3, -0.25) is 4.79 Å². The van der Waals surface area contributed by atoms with Gasteiger partial charge >= 0.3 is 0 Å². The van der Waals surface area contributed by atoms with E-state index in [9.17, 15) is 4.79 Å². The van der Waals surface area contributed by atoms with Crippen LogP contribution in [0.15, 0.2) is 24.3 Å². The van der Waals surface area contributed by atoms with Gasteiger partial charge in [0.1, 0.15) is 0 Å². The maximum Gasteiger partial charge on any atom is 0.224 e. The van der Waals surface area contributed by atoms with E-state index in [0.717, 1.165) is 37.4 Å². The van der Waals surface area contributed by atoms with Gasteiger partial charge < -0.3 is 10.2 Å². The number of nitrogens with zero attached hydrogens (tertiary/aromatic N) is 1. The summed E-state index contributed by atoms with van der Waals surface area (Å²) in [4.78, 5) is 14.6. The van der Waals surface area contributed by atoms with E-state index in [4.69, 9.17) is 11.6 Å². The summed E-state index contributed by atoms with van der Waals surface area (Å²) in [6, 6.07) is 8.54. The number of likely N-dealkylation sites (tertiary alicyclic amines) is 1. The van der Waals surface area contributed by atoms with E-state index < -0.39 is 0 Å². The fraction of sp³-hybridized carbons (Fsp3) is 0.562. The summed E-state index contributed by atoms with van der Waals surface area (Å²) in [5.41, 5.74) is 1.21. The van der Waals surface area contributed by atoms with Crippen molar-refractivity contribution >= 4 is 17.5 Å². The summed E-state index contributed by atoms with van der Waals surface area (Å²) in [5.74, 6) is 0.293. The van der Waals surface area contributed by atoms with Crippen LogP contribution in [0.5, 0.6) is 0 Å². The molecule has 4 heteroatoms. The zero-order valence-corrected chi connectivity index (χ0v) is 12.4. The third-order valence-electron chi connectivity index (χ3n) is 4.41. The normalized spacial score (nSPS) is 26.1. The molecule has 1 aromatic carbocycles. The first-order valence-corrected chi connectivity index (χ1v) is 7.90. The molecule has 2 aliphatic heterocycles. The van der Waals surface area contributed by atoms with Crippen molar-refractivity contribution < 1.29 is 4.79 Å². The number of halogens is 1. The number of hydrogen-bond donors (Lipinski definition) is 1. The van der Waals surface area contributed by atoms with Gasteiger partial charge in [-0.2, -0.15) is 0 Å². The minimum atomic E-state index is 0.237. The molecule has 20 heavy (non-hydrogen) atoms. The second-order valence-corrected chi connectivity index (χ2v) is 6.23. The summed E-state index contributed by atoms with van der Waals surface area (Å²) < 4.78 is 0. The van der Waals surface area contributed by atoms with E-state index in [1.165, 1.54) is 12.0 Å². The highest BCUT2D eigenvalue weighted by molar-refractivity contribution is 6.30. The predicted molar refractivity (Wildman–Crippen MR) is 80.8 cm³/mol. The summed E-state index contributed by atoms with van der Waals surface area (Å²) in [6.45, 7) is 1.94. The molecule has 0 saturated carbocycles. The molecule has 1 N–H and O–H groups in total. The van der Waals surface area contributed by atoms with Crippen LogP contribution in [-0.4, -0.2) is 29.9 Å². The van der Waals surface area contributed by atoms with Gasteiger partial charge in [0.05, 0.1) is 6.04 Å². The molecule has 1 amide bonds. The number of rotatable bonds is 3. The lowest BCUT2D eigenvalue weighted by Gasteiger charge is -2.26. The van der Waals surface area contributed by atoms with Crippen molar-refractivity contribution in [2.75, 3.05) is 13.1 Å². The highest BCUT2D eigenvalue weighted by Crippen LogP contribution is 2.33. The lowest BCUT2D eigenvalue weighted by atomic mass is 10.0. The van der Waals surface area contributed by atoms with Crippen LogP contribution in [0.3, 0.4) is 0 Å². The second kappa shape index (κ2) is 6.15. The van der Waals surface area contributed by atoms with Gasteiger partial charge in [-0.25, -0.2) is 0 Å². The van der Waals surface area contributed by atoms with Crippen molar-refractivity contribution in [2.24, 2.45) is 0 Å². The van der Waals surface area contributed by atoms with Gasteiger partial charge in [-0.05, 0) is 49.9 Å². The van der Waals surface area contributed by atoms with Gasteiger partial charge in [0.25, 0.3) is 0 Å². The lowest BCUT2D eigenvalue weighted by Crippen LogP contribution is -2.35. The zero-order chi connectivity index (χ0) is 13.9. The molecule has 3 nitrogen and oxygen atoms in total. The number of benzene rings is 1. The summed E-state index contributed by atoms with van der Waals surface area (Å²) in [6.07, 6.45) is 5.12. The maximum atomic E-state index is 12.5. The van der Waals surface area contributed by atoms with Gasteiger partial charge in [0.15, 0.2) is 0 Å². The van der Waals surface area contributed by atoms with E-state index >= 15 is 0 Å². The molecule has 0 aliphatic carbocycles. The van der Waals surface area contributed by atoms with Gasteiger partial charge in [0, 0.05) is 24.0 Å². The molecule has 2 saturated heterocycles. The first kappa shape index (κ1) is 13.9. The molecule has 2 fully saturated rings. The van der Waals surface area contributed by atoms with Crippen molar-refractivity contribution in [1.82, 2.24) is 10.2 Å². The SMILES string of the molecule is O=C(CC1CCCN1)N1CCCC1c1ccc(Cl)cc1. The molecule has 0 bridgehead atoms. The quantitative estimate of drug-likeness (QED) is 0.928. The molecule has 0 spiro atoms. The van der Waals surface area contributed by atoms with Crippen molar-refractivity contribution in [1.29, 1.82) is 0 Å². The average molecular weight is 293 g/mol. The molecule has 2 atom stereocenters. The number of carbonyl (C=O) groups excluding carboxylic acids is 1. The highest BCUT2D eigenvalue weighted by Gasteiger charge is 2.31. The van der Waals surface area contributed by atoms with Crippen LogP contribution < -0.4 is 5.32 Å². The van der Waals surface area contributed by atoms with Crippen molar-refractivity contribution in [3.8, 4) is 0 Å². The molecule has 3 rings (SSSR count). The van der Waals surface area contributed by atoms with Crippen LogP contribution in [0.25, 0.3) is 0 Å². The van der Waals surface area contributed by atoms with Crippen LogP contribution in [0, 0.1) is 0 Å². The van der Waals surface area contributed by atoms with Gasteiger partial charge in [-0.15, -0.1) is 0 Å². The third kappa shape index (κ3) is 2.99. The second-order valence-electron chi connectivity index (χ2n) is 5.79. The Bertz CT molecular complexity index is 468. The Morgan fingerprint density at radius 2 is 2.05 bits per heavy atom. The topological polar surface area (TPSA) is 32.3 Å². The first-order valence-electron chi connectivity index (χ1n) is 7.52. The standard InChI is InChI=1S/C16H21ClN2O/c17-13-7-5-12(6-8-13)15-4-2-10-19(15)16(20)11-14-3-1-9-18-14/h5-8,14-15,18H,1-4,9-11H2. The smallest absolute Gasteiger partial charge is 0.224 e. The Hall–Kier alpha value is -1.06. The fourth-order valence-corrected chi connectivity index (χ4v) is 3.48. The van der Waals surface area contributed by atoms with Crippen molar-refractivity contribution in [2.45, 2.75) is 44.2 Å². The van der Waals surface area contributed by atoms with Crippen LogP contribution in [-0.2, 0) is 4.79 Å². The molecule has 1 aromatic rings. The summed E-state index contributed by atoms with van der Waals surface area (Å²) in [7, 11) is 0.